The standard InChI is InChI=1S/C17H20N5O15P3/c18-16-20-13-10(14(23)21-16)19-7-22(13)15-12-11(34-17(24,35-12)8-4-2-1-3-5-8)9(33-15)6-32-39(28,29)37-40(30,31)36-38(25,26)27/h1-5,7,9,11-12,15,24H,6H2,(H,28,29)(H,30,31)(H2,25,26,27)(H3,18,20,21,23)/t9-,11?,12+,15-,17?/m1/s1. The number of hydrogen-bond acceptors (Lipinski definition) is 14. The minimum absolute atomic E-state index is 0.0442. The third-order valence-electron chi connectivity index (χ3n) is 5.56. The van der Waals surface area contributed by atoms with E-state index in [1.54, 1.807) is 18.2 Å². The van der Waals surface area contributed by atoms with Gasteiger partial charge in [0, 0.05) is 5.56 Å². The lowest BCUT2D eigenvalue weighted by atomic mass is 10.1. The summed E-state index contributed by atoms with van der Waals surface area (Å²) in [4.78, 5) is 59.1. The third kappa shape index (κ3) is 5.96. The van der Waals surface area contributed by atoms with Crippen molar-refractivity contribution in [2.75, 3.05) is 12.3 Å². The number of nitrogen functional groups attached to an aromatic ring is 1. The van der Waals surface area contributed by atoms with Crippen molar-refractivity contribution in [3.8, 4) is 0 Å². The summed E-state index contributed by atoms with van der Waals surface area (Å²) in [5.41, 5.74) is 4.99. The molecule has 2 aliphatic heterocycles. The van der Waals surface area contributed by atoms with Crippen LogP contribution in [0.4, 0.5) is 5.95 Å². The zero-order valence-electron chi connectivity index (χ0n) is 19.6. The zero-order valence-corrected chi connectivity index (χ0v) is 22.2. The monoisotopic (exact) mass is 627 g/mol. The van der Waals surface area contributed by atoms with Gasteiger partial charge in [-0.2, -0.15) is 13.6 Å². The highest BCUT2D eigenvalue weighted by atomic mass is 31.3. The van der Waals surface area contributed by atoms with E-state index in [1.807, 2.05) is 0 Å². The van der Waals surface area contributed by atoms with E-state index in [-0.39, 0.29) is 22.7 Å². The SMILES string of the molecule is Nc1nc2c(ncn2[C@@H]2O[C@H](COP(=O)(O)OP(=O)(O)OP(=O)(O)O)C3OC(O)(c4ccccc4)O[C@@H]32)c(=O)[nH]1. The fourth-order valence-electron chi connectivity index (χ4n) is 4.12. The Morgan fingerprint density at radius 2 is 1.73 bits per heavy atom. The molecule has 0 saturated carbocycles. The van der Waals surface area contributed by atoms with Crippen molar-refractivity contribution in [1.82, 2.24) is 19.5 Å². The number of phosphoric ester groups is 1. The first-order valence-electron chi connectivity index (χ1n) is 10.9. The van der Waals surface area contributed by atoms with Crippen LogP contribution >= 0.6 is 23.5 Å². The van der Waals surface area contributed by atoms with Crippen molar-refractivity contribution in [2.24, 2.45) is 0 Å². The van der Waals surface area contributed by atoms with Crippen molar-refractivity contribution in [3.05, 3.63) is 52.6 Å². The molecule has 3 aromatic rings. The van der Waals surface area contributed by atoms with Crippen LogP contribution in [-0.2, 0) is 47.0 Å². The minimum atomic E-state index is -5.77. The highest BCUT2D eigenvalue weighted by Gasteiger charge is 2.60. The van der Waals surface area contributed by atoms with Gasteiger partial charge < -0.3 is 44.6 Å². The Morgan fingerprint density at radius 1 is 1.05 bits per heavy atom. The Balaban J connectivity index is 1.43. The molecule has 0 radical (unpaired) electrons. The van der Waals surface area contributed by atoms with Gasteiger partial charge in [0.1, 0.15) is 18.3 Å². The molecule has 5 rings (SSSR count). The second-order valence-electron chi connectivity index (χ2n) is 8.34. The Hall–Kier alpha value is -2.38. The van der Waals surface area contributed by atoms with Crippen molar-refractivity contribution in [2.45, 2.75) is 30.5 Å². The van der Waals surface area contributed by atoms with Crippen LogP contribution in [0.25, 0.3) is 11.2 Å². The van der Waals surface area contributed by atoms with E-state index < -0.39 is 66.1 Å². The molecule has 7 atom stereocenters. The van der Waals surface area contributed by atoms with Crippen LogP contribution in [-0.4, -0.2) is 69.1 Å². The van der Waals surface area contributed by atoms with E-state index in [1.165, 1.54) is 23.0 Å². The topological polar surface area (TPSA) is 297 Å². The van der Waals surface area contributed by atoms with Gasteiger partial charge in [-0.25, -0.2) is 18.7 Å². The molecule has 0 amide bonds. The molecule has 4 unspecified atom stereocenters. The number of anilines is 1. The predicted molar refractivity (Wildman–Crippen MR) is 126 cm³/mol. The van der Waals surface area contributed by atoms with Crippen LogP contribution in [0.2, 0.25) is 0 Å². The Bertz CT molecular complexity index is 1630. The number of nitrogens with zero attached hydrogens (tertiary/aromatic N) is 3. The van der Waals surface area contributed by atoms with E-state index in [4.69, 9.17) is 34.3 Å². The minimum Gasteiger partial charge on any atom is -0.369 e. The lowest BCUT2D eigenvalue weighted by Crippen LogP contribution is -2.34. The van der Waals surface area contributed by atoms with Crippen molar-refractivity contribution < 1.29 is 65.7 Å². The molecule has 20 nitrogen and oxygen atoms in total. The molecule has 0 aliphatic carbocycles. The number of aromatic nitrogens is 4. The van der Waals surface area contributed by atoms with E-state index in [0.29, 0.717) is 0 Å². The molecule has 2 aromatic heterocycles. The molecule has 23 heteroatoms. The first-order chi connectivity index (χ1) is 18.6. The Labute approximate surface area is 221 Å². The number of aromatic amines is 1. The lowest BCUT2D eigenvalue weighted by molar-refractivity contribution is -0.346. The second kappa shape index (κ2) is 10.2. The molecule has 40 heavy (non-hydrogen) atoms. The summed E-state index contributed by atoms with van der Waals surface area (Å²) >= 11 is 0. The number of benzene rings is 1. The maximum atomic E-state index is 12.3. The summed E-state index contributed by atoms with van der Waals surface area (Å²) in [5.74, 6) is -2.59. The second-order valence-corrected chi connectivity index (χ2v) is 12.8. The number of ether oxygens (including phenoxy) is 3. The fourth-order valence-corrected chi connectivity index (χ4v) is 7.15. The van der Waals surface area contributed by atoms with Gasteiger partial charge in [0.15, 0.2) is 17.4 Å². The highest BCUT2D eigenvalue weighted by Crippen LogP contribution is 2.66. The average Bonchev–Trinajstić information content (AvgIpc) is 3.48. The number of H-pyrrole nitrogens is 1. The first-order valence-corrected chi connectivity index (χ1v) is 15.4. The molecule has 0 bridgehead atoms. The van der Waals surface area contributed by atoms with Crippen LogP contribution in [0.15, 0.2) is 41.5 Å². The van der Waals surface area contributed by atoms with Gasteiger partial charge >= 0.3 is 29.4 Å². The number of imidazole rings is 1. The van der Waals surface area contributed by atoms with Crippen molar-refractivity contribution >= 4 is 40.6 Å². The number of phosphoric acid groups is 3. The van der Waals surface area contributed by atoms with Crippen LogP contribution in [0.1, 0.15) is 11.8 Å². The Morgan fingerprint density at radius 3 is 2.40 bits per heavy atom. The first kappa shape index (κ1) is 29.1. The molecule has 1 aromatic carbocycles. The van der Waals surface area contributed by atoms with Crippen molar-refractivity contribution in [3.63, 3.8) is 0 Å². The molecule has 2 aliphatic rings. The van der Waals surface area contributed by atoms with E-state index >= 15 is 0 Å². The third-order valence-corrected chi connectivity index (χ3v) is 9.36. The van der Waals surface area contributed by atoms with Gasteiger partial charge in [-0.05, 0) is 0 Å². The zero-order chi connectivity index (χ0) is 29.1. The van der Waals surface area contributed by atoms with Gasteiger partial charge in [0.05, 0.1) is 12.9 Å². The van der Waals surface area contributed by atoms with E-state index in [0.717, 1.165) is 0 Å². The maximum absolute atomic E-state index is 12.3. The van der Waals surface area contributed by atoms with Gasteiger partial charge in [-0.1, -0.05) is 30.3 Å². The highest BCUT2D eigenvalue weighted by molar-refractivity contribution is 7.66. The van der Waals surface area contributed by atoms with Crippen LogP contribution in [0, 0.1) is 0 Å². The largest absolute Gasteiger partial charge is 0.490 e. The summed E-state index contributed by atoms with van der Waals surface area (Å²) < 4.78 is 65.5. The molecule has 2 saturated heterocycles. The average molecular weight is 627 g/mol. The lowest BCUT2D eigenvalue weighted by Gasteiger charge is -2.26. The van der Waals surface area contributed by atoms with Gasteiger partial charge in [0.2, 0.25) is 5.95 Å². The van der Waals surface area contributed by atoms with Gasteiger partial charge in [0.25, 0.3) is 5.56 Å². The number of hydrogen-bond donors (Lipinski definition) is 7. The van der Waals surface area contributed by atoms with Gasteiger partial charge in [-0.3, -0.25) is 18.9 Å². The smallest absolute Gasteiger partial charge is 0.369 e. The number of nitrogens with one attached hydrogen (secondary N) is 1. The molecule has 8 N–H and O–H groups in total. The number of nitrogens with two attached hydrogens (primary N) is 1. The molecule has 0 spiro atoms. The summed E-state index contributed by atoms with van der Waals surface area (Å²) in [6.45, 7) is -0.918. The van der Waals surface area contributed by atoms with E-state index in [9.17, 15) is 33.4 Å². The van der Waals surface area contributed by atoms with Crippen LogP contribution in [0.5, 0.6) is 0 Å². The number of fused-ring (bicyclic) bond motifs is 2. The van der Waals surface area contributed by atoms with Gasteiger partial charge in [-0.15, -0.1) is 0 Å². The molecular formula is C17H20N5O15P3. The van der Waals surface area contributed by atoms with Crippen LogP contribution in [0.3, 0.4) is 0 Å². The molecule has 218 valence electrons. The van der Waals surface area contributed by atoms with Crippen molar-refractivity contribution in [1.29, 1.82) is 0 Å². The van der Waals surface area contributed by atoms with Crippen LogP contribution < -0.4 is 11.3 Å². The summed E-state index contributed by atoms with van der Waals surface area (Å²) in [5, 5.41) is 11.1. The quantitative estimate of drug-likeness (QED) is 0.147. The molecule has 4 heterocycles. The fraction of sp³-hybridized carbons (Fsp3) is 0.353. The summed E-state index contributed by atoms with van der Waals surface area (Å²) in [6.07, 6.45) is -3.90. The predicted octanol–water partition coefficient (Wildman–Crippen LogP) is -0.471. The molecule has 2 fully saturated rings. The number of aliphatic hydroxyl groups is 1. The summed E-state index contributed by atoms with van der Waals surface area (Å²) in [7, 11) is -16.9. The number of rotatable bonds is 9. The molecular weight excluding hydrogens is 607 g/mol. The summed E-state index contributed by atoms with van der Waals surface area (Å²) in [6, 6.07) is 7.85. The maximum Gasteiger partial charge on any atom is 0.490 e. The Kier molecular flexibility index (Phi) is 7.40. The van der Waals surface area contributed by atoms with E-state index in [2.05, 4.69) is 23.6 Å². The normalized spacial score (nSPS) is 29.7.